The first-order valence-corrected chi connectivity index (χ1v) is 6.85. The third kappa shape index (κ3) is 2.70. The Morgan fingerprint density at radius 1 is 1.29 bits per heavy atom. The van der Waals surface area contributed by atoms with Crippen LogP contribution in [0.25, 0.3) is 0 Å². The second kappa shape index (κ2) is 5.37. The van der Waals surface area contributed by atoms with Gasteiger partial charge in [0.1, 0.15) is 5.75 Å². The fourth-order valence-corrected chi connectivity index (χ4v) is 3.04. The fourth-order valence-electron chi connectivity index (χ4n) is 1.56. The third-order valence-corrected chi connectivity index (χ3v) is 4.59. The van der Waals surface area contributed by atoms with Crippen molar-refractivity contribution in [3.63, 3.8) is 0 Å². The van der Waals surface area contributed by atoms with E-state index >= 15 is 0 Å². The van der Waals surface area contributed by atoms with Crippen molar-refractivity contribution in [2.45, 2.75) is 18.7 Å². The Hall–Kier alpha value is -1.27. The first kappa shape index (κ1) is 13.8. The molecule has 17 heavy (non-hydrogen) atoms. The topological polar surface area (TPSA) is 72.6 Å². The van der Waals surface area contributed by atoms with Crippen molar-refractivity contribution < 1.29 is 13.2 Å². The molecule has 0 aliphatic rings. The van der Waals surface area contributed by atoms with Gasteiger partial charge in [-0.2, -0.15) is 4.31 Å². The van der Waals surface area contributed by atoms with Crippen LogP contribution in [0.1, 0.15) is 13.8 Å². The van der Waals surface area contributed by atoms with E-state index in [0.29, 0.717) is 24.5 Å². The number of nitrogens with zero attached hydrogens (tertiary/aromatic N) is 1. The van der Waals surface area contributed by atoms with Gasteiger partial charge in [-0.1, -0.05) is 13.8 Å². The molecule has 1 aromatic carbocycles. The molecule has 0 unspecified atom stereocenters. The number of benzene rings is 1. The Balaban J connectivity index is 3.24. The van der Waals surface area contributed by atoms with Crippen LogP contribution in [-0.4, -0.2) is 32.9 Å². The van der Waals surface area contributed by atoms with Crippen LogP contribution in [-0.2, 0) is 10.0 Å². The first-order chi connectivity index (χ1) is 7.97. The lowest BCUT2D eigenvalue weighted by molar-refractivity contribution is 0.414. The summed E-state index contributed by atoms with van der Waals surface area (Å²) in [6.07, 6.45) is 0. The number of hydrogen-bond acceptors (Lipinski definition) is 4. The SMILES string of the molecule is CCN(CC)S(=O)(=O)c1ccc(N)c(OC)c1. The monoisotopic (exact) mass is 258 g/mol. The van der Waals surface area contributed by atoms with Gasteiger partial charge in [0, 0.05) is 19.2 Å². The van der Waals surface area contributed by atoms with Crippen LogP contribution in [0, 0.1) is 0 Å². The average Bonchev–Trinajstić information content (AvgIpc) is 2.30. The Bertz CT molecular complexity index is 481. The van der Waals surface area contributed by atoms with Crippen molar-refractivity contribution in [2.24, 2.45) is 0 Å². The van der Waals surface area contributed by atoms with E-state index in [9.17, 15) is 8.42 Å². The molecule has 0 bridgehead atoms. The molecular formula is C11H18N2O3S. The smallest absolute Gasteiger partial charge is 0.243 e. The van der Waals surface area contributed by atoms with Crippen LogP contribution < -0.4 is 10.5 Å². The van der Waals surface area contributed by atoms with Gasteiger partial charge in [-0.3, -0.25) is 0 Å². The van der Waals surface area contributed by atoms with Crippen molar-refractivity contribution >= 4 is 15.7 Å². The summed E-state index contributed by atoms with van der Waals surface area (Å²) in [7, 11) is -1.99. The zero-order valence-electron chi connectivity index (χ0n) is 10.3. The third-order valence-electron chi connectivity index (χ3n) is 2.55. The van der Waals surface area contributed by atoms with Crippen molar-refractivity contribution in [1.29, 1.82) is 0 Å². The zero-order chi connectivity index (χ0) is 13.1. The molecule has 0 aliphatic heterocycles. The average molecular weight is 258 g/mol. The number of nitrogen functional groups attached to an aromatic ring is 1. The van der Waals surface area contributed by atoms with E-state index in [1.165, 1.54) is 29.6 Å². The van der Waals surface area contributed by atoms with Gasteiger partial charge in [0.15, 0.2) is 0 Å². The van der Waals surface area contributed by atoms with Gasteiger partial charge in [0.2, 0.25) is 10.0 Å². The summed E-state index contributed by atoms with van der Waals surface area (Å²) in [6, 6.07) is 4.48. The van der Waals surface area contributed by atoms with Crippen LogP contribution in [0.4, 0.5) is 5.69 Å². The summed E-state index contributed by atoms with van der Waals surface area (Å²) in [4.78, 5) is 0.201. The lowest BCUT2D eigenvalue weighted by atomic mass is 10.3. The maximum absolute atomic E-state index is 12.2. The molecule has 0 aromatic heterocycles. The molecule has 5 nitrogen and oxygen atoms in total. The number of ether oxygens (including phenoxy) is 1. The molecule has 0 atom stereocenters. The minimum absolute atomic E-state index is 0.201. The lowest BCUT2D eigenvalue weighted by Crippen LogP contribution is -2.30. The van der Waals surface area contributed by atoms with Crippen LogP contribution in [0.15, 0.2) is 23.1 Å². The van der Waals surface area contributed by atoms with Crippen LogP contribution in [0.2, 0.25) is 0 Å². The molecule has 6 heteroatoms. The molecule has 0 spiro atoms. The minimum Gasteiger partial charge on any atom is -0.495 e. The van der Waals surface area contributed by atoms with Crippen LogP contribution >= 0.6 is 0 Å². The second-order valence-corrected chi connectivity index (χ2v) is 5.43. The van der Waals surface area contributed by atoms with E-state index in [-0.39, 0.29) is 4.90 Å². The molecule has 0 radical (unpaired) electrons. The molecule has 0 saturated heterocycles. The summed E-state index contributed by atoms with van der Waals surface area (Å²) in [5.74, 6) is 0.373. The maximum Gasteiger partial charge on any atom is 0.243 e. The van der Waals surface area contributed by atoms with Gasteiger partial charge >= 0.3 is 0 Å². The quantitative estimate of drug-likeness (QED) is 0.808. The van der Waals surface area contributed by atoms with Gasteiger partial charge < -0.3 is 10.5 Å². The van der Waals surface area contributed by atoms with Gasteiger partial charge in [-0.25, -0.2) is 8.42 Å². The summed E-state index contributed by atoms with van der Waals surface area (Å²) in [5.41, 5.74) is 6.07. The van der Waals surface area contributed by atoms with Gasteiger partial charge in [-0.15, -0.1) is 0 Å². The number of sulfonamides is 1. The molecule has 0 fully saturated rings. The molecule has 0 heterocycles. The molecule has 96 valence electrons. The van der Waals surface area contributed by atoms with E-state index in [2.05, 4.69) is 0 Å². The van der Waals surface area contributed by atoms with Crippen molar-refractivity contribution in [3.05, 3.63) is 18.2 Å². The predicted octanol–water partition coefficient (Wildman–Crippen LogP) is 1.31. The molecule has 0 saturated carbocycles. The lowest BCUT2D eigenvalue weighted by Gasteiger charge is -2.19. The molecule has 0 aliphatic carbocycles. The summed E-state index contributed by atoms with van der Waals surface area (Å²) < 4.78 is 30.8. The first-order valence-electron chi connectivity index (χ1n) is 5.41. The minimum atomic E-state index is -3.45. The highest BCUT2D eigenvalue weighted by Crippen LogP contribution is 2.26. The number of anilines is 1. The van der Waals surface area contributed by atoms with E-state index < -0.39 is 10.0 Å². The Kier molecular flexibility index (Phi) is 4.36. The standard InChI is InChI=1S/C11H18N2O3S/c1-4-13(5-2)17(14,15)9-6-7-10(12)11(8-9)16-3/h6-8H,4-5,12H2,1-3H3. The Morgan fingerprint density at radius 2 is 1.88 bits per heavy atom. The van der Waals surface area contributed by atoms with Crippen molar-refractivity contribution in [1.82, 2.24) is 4.31 Å². The van der Waals surface area contributed by atoms with E-state index in [0.717, 1.165) is 0 Å². The van der Waals surface area contributed by atoms with Crippen LogP contribution in [0.5, 0.6) is 5.75 Å². The zero-order valence-corrected chi connectivity index (χ0v) is 11.1. The largest absolute Gasteiger partial charge is 0.495 e. The molecular weight excluding hydrogens is 240 g/mol. The molecule has 0 amide bonds. The maximum atomic E-state index is 12.2. The number of nitrogens with two attached hydrogens (primary N) is 1. The normalized spacial score (nSPS) is 11.8. The van der Waals surface area contributed by atoms with Crippen molar-refractivity contribution in [3.8, 4) is 5.75 Å². The van der Waals surface area contributed by atoms with Crippen molar-refractivity contribution in [2.75, 3.05) is 25.9 Å². The summed E-state index contributed by atoms with van der Waals surface area (Å²) in [6.45, 7) is 4.47. The second-order valence-electron chi connectivity index (χ2n) is 3.49. The molecule has 1 aromatic rings. The van der Waals surface area contributed by atoms with Gasteiger partial charge in [0.25, 0.3) is 0 Å². The molecule has 1 rings (SSSR count). The van der Waals surface area contributed by atoms with Crippen LogP contribution in [0.3, 0.4) is 0 Å². The van der Waals surface area contributed by atoms with E-state index in [1.807, 2.05) is 0 Å². The van der Waals surface area contributed by atoms with E-state index in [1.54, 1.807) is 13.8 Å². The fraction of sp³-hybridized carbons (Fsp3) is 0.455. The Labute approximate surface area is 102 Å². The highest BCUT2D eigenvalue weighted by atomic mass is 32.2. The predicted molar refractivity (Wildman–Crippen MR) is 67.5 cm³/mol. The highest BCUT2D eigenvalue weighted by Gasteiger charge is 2.22. The summed E-state index contributed by atoms with van der Waals surface area (Å²) in [5, 5.41) is 0. The number of methoxy groups -OCH3 is 1. The highest BCUT2D eigenvalue weighted by molar-refractivity contribution is 7.89. The van der Waals surface area contributed by atoms with Gasteiger partial charge in [0.05, 0.1) is 17.7 Å². The van der Waals surface area contributed by atoms with E-state index in [4.69, 9.17) is 10.5 Å². The molecule has 2 N–H and O–H groups in total. The Morgan fingerprint density at radius 3 is 2.35 bits per heavy atom. The number of rotatable bonds is 5. The number of hydrogen-bond donors (Lipinski definition) is 1. The van der Waals surface area contributed by atoms with Gasteiger partial charge in [-0.05, 0) is 12.1 Å². The summed E-state index contributed by atoms with van der Waals surface area (Å²) >= 11 is 0.